The first kappa shape index (κ1) is 23.1. The Hall–Kier alpha value is -3.10. The summed E-state index contributed by atoms with van der Waals surface area (Å²) in [5.74, 6) is -0.0300. The van der Waals surface area contributed by atoms with Crippen molar-refractivity contribution in [2.75, 3.05) is 25.5 Å². The molecule has 0 atom stereocenters. The second-order valence-corrected chi connectivity index (χ2v) is 10.1. The first-order valence-corrected chi connectivity index (χ1v) is 12.5. The van der Waals surface area contributed by atoms with E-state index in [-0.39, 0.29) is 16.6 Å². The molecule has 33 heavy (non-hydrogen) atoms. The number of amides is 1. The minimum Gasteiger partial charge on any atom is -0.495 e. The number of hydrogen-bond donors (Lipinski definition) is 1. The molecule has 0 saturated carbocycles. The van der Waals surface area contributed by atoms with E-state index in [0.29, 0.717) is 24.3 Å². The van der Waals surface area contributed by atoms with Crippen LogP contribution < -0.4 is 10.1 Å². The van der Waals surface area contributed by atoms with Gasteiger partial charge in [-0.2, -0.15) is 4.31 Å². The molecule has 0 bridgehead atoms. The number of nitrogens with one attached hydrogen (secondary N) is 1. The van der Waals surface area contributed by atoms with Crippen LogP contribution in [0.2, 0.25) is 0 Å². The molecule has 1 N–H and O–H groups in total. The fourth-order valence-corrected chi connectivity index (χ4v) is 6.06. The number of methoxy groups -OCH3 is 1. The summed E-state index contributed by atoms with van der Waals surface area (Å²) in [6.45, 7) is 4.84. The average Bonchev–Trinajstić information content (AvgIpc) is 3.14. The molecule has 2 aromatic carbocycles. The predicted octanol–water partition coefficient (Wildman–Crippen LogP) is 4.53. The molecular weight excluding hydrogens is 438 g/mol. The number of carbonyl (C=O) groups is 1. The molecule has 1 aliphatic rings. The fraction of sp³-hybridized carbons (Fsp3) is 0.320. The van der Waals surface area contributed by atoms with Gasteiger partial charge in [0.25, 0.3) is 5.91 Å². The molecule has 0 aliphatic carbocycles. The standard InChI is InChI=1S/C25H29N3O4S/c1-18-16-22(19(2)28(18)21-10-6-4-7-11-21)25(29)26-20-12-13-23(32-3)24(17-20)33(30,31)27-14-8-5-9-15-27/h4,6-7,10-13,16-17H,5,8-9,14-15H2,1-3H3,(H,26,29). The molecule has 1 aliphatic heterocycles. The monoisotopic (exact) mass is 467 g/mol. The SMILES string of the molecule is COc1ccc(NC(=O)c2cc(C)n(-c3ccccc3)c2C)cc1S(=O)(=O)N1CCCCC1. The van der Waals surface area contributed by atoms with Crippen molar-refractivity contribution >= 4 is 21.6 Å². The molecule has 174 valence electrons. The van der Waals surface area contributed by atoms with E-state index in [1.807, 2.05) is 54.8 Å². The molecule has 2 heterocycles. The lowest BCUT2D eigenvalue weighted by Gasteiger charge is -2.26. The summed E-state index contributed by atoms with van der Waals surface area (Å²) in [5, 5.41) is 2.87. The Kier molecular flexibility index (Phi) is 6.58. The lowest BCUT2D eigenvalue weighted by Crippen LogP contribution is -2.35. The lowest BCUT2D eigenvalue weighted by molar-refractivity contribution is 0.102. The Bertz CT molecular complexity index is 1260. The van der Waals surface area contributed by atoms with Crippen LogP contribution in [0.3, 0.4) is 0 Å². The number of aryl methyl sites for hydroxylation is 1. The average molecular weight is 468 g/mol. The first-order chi connectivity index (χ1) is 15.8. The van der Waals surface area contributed by atoms with Crippen molar-refractivity contribution in [3.63, 3.8) is 0 Å². The van der Waals surface area contributed by atoms with Gasteiger partial charge in [0.05, 0.1) is 12.7 Å². The van der Waals surface area contributed by atoms with Gasteiger partial charge in [-0.15, -0.1) is 0 Å². The van der Waals surface area contributed by atoms with Gasteiger partial charge in [-0.3, -0.25) is 4.79 Å². The van der Waals surface area contributed by atoms with Gasteiger partial charge in [-0.1, -0.05) is 24.6 Å². The van der Waals surface area contributed by atoms with Gasteiger partial charge in [0.2, 0.25) is 10.0 Å². The van der Waals surface area contributed by atoms with E-state index in [2.05, 4.69) is 5.32 Å². The molecule has 7 nitrogen and oxygen atoms in total. The summed E-state index contributed by atoms with van der Waals surface area (Å²) in [6.07, 6.45) is 2.71. The third kappa shape index (κ3) is 4.54. The highest BCUT2D eigenvalue weighted by atomic mass is 32.2. The highest BCUT2D eigenvalue weighted by molar-refractivity contribution is 7.89. The second kappa shape index (κ2) is 9.41. The van der Waals surface area contributed by atoms with E-state index in [4.69, 9.17) is 4.74 Å². The van der Waals surface area contributed by atoms with Gasteiger partial charge < -0.3 is 14.6 Å². The maximum absolute atomic E-state index is 13.3. The van der Waals surface area contributed by atoms with Crippen molar-refractivity contribution in [3.05, 3.63) is 71.5 Å². The van der Waals surface area contributed by atoms with Crippen molar-refractivity contribution < 1.29 is 17.9 Å². The number of nitrogens with zero attached hydrogens (tertiary/aromatic N) is 2. The minimum atomic E-state index is -3.72. The number of benzene rings is 2. The van der Waals surface area contributed by atoms with Crippen molar-refractivity contribution in [2.24, 2.45) is 0 Å². The maximum Gasteiger partial charge on any atom is 0.257 e. The maximum atomic E-state index is 13.3. The third-order valence-corrected chi connectivity index (χ3v) is 7.96. The number of hydrogen-bond acceptors (Lipinski definition) is 4. The molecule has 3 aromatic rings. The van der Waals surface area contributed by atoms with Gasteiger partial charge in [0.15, 0.2) is 0 Å². The fourth-order valence-electron chi connectivity index (χ4n) is 4.37. The molecule has 1 aromatic heterocycles. The zero-order valence-corrected chi connectivity index (χ0v) is 20.0. The van der Waals surface area contributed by atoms with Gasteiger partial charge in [-0.05, 0) is 63.1 Å². The van der Waals surface area contributed by atoms with E-state index in [9.17, 15) is 13.2 Å². The summed E-state index contributed by atoms with van der Waals surface area (Å²) < 4.78 is 35.4. The molecule has 4 rings (SSSR count). The Morgan fingerprint density at radius 3 is 2.33 bits per heavy atom. The van der Waals surface area contributed by atoms with Crippen molar-refractivity contribution in [3.8, 4) is 11.4 Å². The minimum absolute atomic E-state index is 0.0689. The molecular formula is C25H29N3O4S. The van der Waals surface area contributed by atoms with Crippen LogP contribution in [0, 0.1) is 13.8 Å². The molecule has 1 amide bonds. The van der Waals surface area contributed by atoms with Crippen LogP contribution in [-0.2, 0) is 10.0 Å². The quantitative estimate of drug-likeness (QED) is 0.578. The smallest absolute Gasteiger partial charge is 0.257 e. The highest BCUT2D eigenvalue weighted by Crippen LogP contribution is 2.31. The number of ether oxygens (including phenoxy) is 1. The molecule has 0 unspecified atom stereocenters. The summed E-state index contributed by atoms with van der Waals surface area (Å²) in [6, 6.07) is 16.4. The zero-order chi connectivity index (χ0) is 23.6. The number of carbonyl (C=O) groups excluding carboxylic acids is 1. The number of para-hydroxylation sites is 1. The Labute approximate surface area is 195 Å². The topological polar surface area (TPSA) is 80.6 Å². The second-order valence-electron chi connectivity index (χ2n) is 8.24. The normalized spacial score (nSPS) is 14.8. The van der Waals surface area contributed by atoms with Crippen molar-refractivity contribution in [2.45, 2.75) is 38.0 Å². The number of aromatic nitrogens is 1. The van der Waals surface area contributed by atoms with Gasteiger partial charge >= 0.3 is 0 Å². The van der Waals surface area contributed by atoms with Crippen LogP contribution in [0.15, 0.2) is 59.5 Å². The Balaban J connectivity index is 1.64. The van der Waals surface area contributed by atoms with E-state index < -0.39 is 10.0 Å². The number of rotatable bonds is 6. The van der Waals surface area contributed by atoms with Gasteiger partial charge in [-0.25, -0.2) is 8.42 Å². The molecule has 8 heteroatoms. The third-order valence-electron chi connectivity index (χ3n) is 6.04. The van der Waals surface area contributed by atoms with Gasteiger partial charge in [0.1, 0.15) is 10.6 Å². The lowest BCUT2D eigenvalue weighted by atomic mass is 10.2. The summed E-state index contributed by atoms with van der Waals surface area (Å²) in [7, 11) is -2.28. The van der Waals surface area contributed by atoms with Crippen molar-refractivity contribution in [1.82, 2.24) is 8.87 Å². The molecule has 0 spiro atoms. The summed E-state index contributed by atoms with van der Waals surface area (Å²) in [4.78, 5) is 13.2. The van der Waals surface area contributed by atoms with E-state index in [1.54, 1.807) is 12.1 Å². The largest absolute Gasteiger partial charge is 0.495 e. The summed E-state index contributed by atoms with van der Waals surface area (Å²) in [5.41, 5.74) is 3.66. The van der Waals surface area contributed by atoms with E-state index >= 15 is 0 Å². The number of anilines is 1. The first-order valence-electron chi connectivity index (χ1n) is 11.1. The van der Waals surface area contributed by atoms with Crippen LogP contribution in [0.4, 0.5) is 5.69 Å². The number of piperidine rings is 1. The molecule has 1 fully saturated rings. The molecule has 0 radical (unpaired) electrons. The molecule has 1 saturated heterocycles. The van der Waals surface area contributed by atoms with Crippen LogP contribution >= 0.6 is 0 Å². The Morgan fingerprint density at radius 1 is 0.970 bits per heavy atom. The predicted molar refractivity (Wildman–Crippen MR) is 129 cm³/mol. The van der Waals surface area contributed by atoms with Gasteiger partial charge in [0, 0.05) is 35.9 Å². The highest BCUT2D eigenvalue weighted by Gasteiger charge is 2.29. The van der Waals surface area contributed by atoms with Crippen LogP contribution in [0.5, 0.6) is 5.75 Å². The summed E-state index contributed by atoms with van der Waals surface area (Å²) >= 11 is 0. The van der Waals surface area contributed by atoms with E-state index in [0.717, 1.165) is 36.3 Å². The number of sulfonamides is 1. The van der Waals surface area contributed by atoms with Crippen LogP contribution in [0.1, 0.15) is 41.0 Å². The Morgan fingerprint density at radius 2 is 1.67 bits per heavy atom. The van der Waals surface area contributed by atoms with Crippen LogP contribution in [0.25, 0.3) is 5.69 Å². The zero-order valence-electron chi connectivity index (χ0n) is 19.2. The van der Waals surface area contributed by atoms with Crippen LogP contribution in [-0.4, -0.2) is 43.4 Å². The van der Waals surface area contributed by atoms with E-state index in [1.165, 1.54) is 17.5 Å². The van der Waals surface area contributed by atoms with Crippen molar-refractivity contribution in [1.29, 1.82) is 0 Å².